The highest BCUT2D eigenvalue weighted by Crippen LogP contribution is 2.39. The lowest BCUT2D eigenvalue weighted by atomic mass is 10.1. The topological polar surface area (TPSA) is 93.1 Å². The highest BCUT2D eigenvalue weighted by Gasteiger charge is 2.30. The molecule has 0 saturated heterocycles. The number of nitrogens with one attached hydrogen (secondary N) is 1. The summed E-state index contributed by atoms with van der Waals surface area (Å²) in [6.07, 6.45) is 3.92. The summed E-state index contributed by atoms with van der Waals surface area (Å²) in [5.41, 5.74) is 9.99. The number of fused-ring (bicyclic) bond motifs is 1. The standard InChI is InChI=1S/C20H24N6S/c1-12(21)18(15-3-4-15)26(22)16-7-5-14(6-8-16)13(2)25-19-17-9-10-27-20(17)24-11-23-19/h5-11,13,15H,3-4,21-22H2,1-2H3,(H,23,24,25)/b18-12-/t13-/m0/s1. The third-order valence-corrected chi connectivity index (χ3v) is 5.73. The van der Waals surface area contributed by atoms with Gasteiger partial charge in [-0.2, -0.15) is 0 Å². The molecule has 0 amide bonds. The average Bonchev–Trinajstić information content (AvgIpc) is 3.36. The Balaban J connectivity index is 1.51. The zero-order chi connectivity index (χ0) is 19.0. The van der Waals surface area contributed by atoms with E-state index < -0.39 is 0 Å². The van der Waals surface area contributed by atoms with Gasteiger partial charge in [0.2, 0.25) is 0 Å². The molecule has 1 saturated carbocycles. The van der Waals surface area contributed by atoms with Gasteiger partial charge in [0, 0.05) is 17.7 Å². The molecule has 1 aromatic carbocycles. The maximum atomic E-state index is 6.35. The van der Waals surface area contributed by atoms with E-state index in [9.17, 15) is 0 Å². The third kappa shape index (κ3) is 3.61. The average molecular weight is 381 g/mol. The minimum Gasteiger partial charge on any atom is -0.401 e. The summed E-state index contributed by atoms with van der Waals surface area (Å²) in [5.74, 6) is 7.69. The fourth-order valence-electron chi connectivity index (χ4n) is 3.32. The number of nitrogens with two attached hydrogens (primary N) is 2. The number of allylic oxidation sites excluding steroid dienone is 2. The number of hydrazine groups is 1. The van der Waals surface area contributed by atoms with E-state index in [4.69, 9.17) is 11.6 Å². The lowest BCUT2D eigenvalue weighted by Gasteiger charge is -2.24. The first kappa shape index (κ1) is 17.8. The van der Waals surface area contributed by atoms with E-state index in [1.165, 1.54) is 0 Å². The zero-order valence-electron chi connectivity index (χ0n) is 15.5. The van der Waals surface area contributed by atoms with E-state index in [-0.39, 0.29) is 6.04 Å². The van der Waals surface area contributed by atoms with Crippen LogP contribution in [0.1, 0.15) is 38.3 Å². The Bertz CT molecular complexity index is 970. The first-order valence-corrected chi connectivity index (χ1v) is 9.98. The van der Waals surface area contributed by atoms with Crippen LogP contribution in [0.2, 0.25) is 0 Å². The molecule has 0 spiro atoms. The molecule has 2 aromatic heterocycles. The summed E-state index contributed by atoms with van der Waals surface area (Å²) in [4.78, 5) is 9.68. The predicted octanol–water partition coefficient (Wildman–Crippen LogP) is 4.14. The number of anilines is 2. The second kappa shape index (κ2) is 7.17. The van der Waals surface area contributed by atoms with E-state index in [2.05, 4.69) is 34.3 Å². The molecule has 7 heteroatoms. The van der Waals surface area contributed by atoms with Crippen LogP contribution in [0.3, 0.4) is 0 Å². The highest BCUT2D eigenvalue weighted by atomic mass is 32.1. The first-order chi connectivity index (χ1) is 13.0. The van der Waals surface area contributed by atoms with E-state index >= 15 is 0 Å². The van der Waals surface area contributed by atoms with Gasteiger partial charge in [0.1, 0.15) is 17.0 Å². The molecule has 5 N–H and O–H groups in total. The van der Waals surface area contributed by atoms with Crippen molar-refractivity contribution in [3.63, 3.8) is 0 Å². The zero-order valence-corrected chi connectivity index (χ0v) is 16.3. The number of benzene rings is 1. The molecule has 27 heavy (non-hydrogen) atoms. The van der Waals surface area contributed by atoms with Gasteiger partial charge in [0.25, 0.3) is 0 Å². The summed E-state index contributed by atoms with van der Waals surface area (Å²) >= 11 is 1.62. The van der Waals surface area contributed by atoms with E-state index in [0.29, 0.717) is 5.92 Å². The molecule has 2 heterocycles. The first-order valence-electron chi connectivity index (χ1n) is 9.10. The molecule has 6 nitrogen and oxygen atoms in total. The maximum Gasteiger partial charge on any atom is 0.138 e. The monoisotopic (exact) mass is 380 g/mol. The number of hydrogen-bond acceptors (Lipinski definition) is 7. The van der Waals surface area contributed by atoms with Crippen molar-refractivity contribution in [1.29, 1.82) is 0 Å². The Hall–Kier alpha value is -2.64. The molecule has 4 rings (SSSR count). The number of rotatable bonds is 6. The Morgan fingerprint density at radius 3 is 2.63 bits per heavy atom. The largest absolute Gasteiger partial charge is 0.401 e. The van der Waals surface area contributed by atoms with Crippen molar-refractivity contribution >= 4 is 33.1 Å². The molecule has 0 bridgehead atoms. The molecule has 1 fully saturated rings. The SMILES string of the molecule is C/C(N)=C(\C1CC1)N(N)c1ccc([C@H](C)Nc2ncnc3sccc23)cc1. The van der Waals surface area contributed by atoms with E-state index in [0.717, 1.165) is 51.5 Å². The Morgan fingerprint density at radius 1 is 1.22 bits per heavy atom. The second-order valence-electron chi connectivity index (χ2n) is 7.03. The summed E-state index contributed by atoms with van der Waals surface area (Å²) in [6.45, 7) is 4.04. The van der Waals surface area contributed by atoms with E-state index in [1.807, 2.05) is 30.5 Å². The summed E-state index contributed by atoms with van der Waals surface area (Å²) in [5, 5.41) is 8.30. The Labute approximate surface area is 162 Å². The van der Waals surface area contributed by atoms with Crippen LogP contribution in [0, 0.1) is 5.92 Å². The van der Waals surface area contributed by atoms with Crippen molar-refractivity contribution in [2.24, 2.45) is 17.5 Å². The maximum absolute atomic E-state index is 6.35. The smallest absolute Gasteiger partial charge is 0.138 e. The number of nitrogens with zero attached hydrogens (tertiary/aromatic N) is 3. The van der Waals surface area contributed by atoms with Crippen LogP contribution >= 0.6 is 11.3 Å². The highest BCUT2D eigenvalue weighted by molar-refractivity contribution is 7.16. The molecule has 3 aromatic rings. The predicted molar refractivity (Wildman–Crippen MR) is 112 cm³/mol. The van der Waals surface area contributed by atoms with Crippen LogP contribution in [0.5, 0.6) is 0 Å². The third-order valence-electron chi connectivity index (χ3n) is 4.91. The minimum absolute atomic E-state index is 0.109. The van der Waals surface area contributed by atoms with Crippen LogP contribution < -0.4 is 21.9 Å². The summed E-state index contributed by atoms with van der Waals surface area (Å²) in [6, 6.07) is 10.4. The molecule has 1 aliphatic rings. The number of thiophene rings is 1. The van der Waals surface area contributed by atoms with Crippen molar-refractivity contribution in [1.82, 2.24) is 9.97 Å². The normalized spacial score (nSPS) is 16.1. The van der Waals surface area contributed by atoms with Gasteiger partial charge in [-0.1, -0.05) is 12.1 Å². The van der Waals surface area contributed by atoms with Gasteiger partial charge in [-0.15, -0.1) is 11.3 Å². The second-order valence-corrected chi connectivity index (χ2v) is 7.93. The van der Waals surface area contributed by atoms with Crippen molar-refractivity contribution in [3.8, 4) is 0 Å². The van der Waals surface area contributed by atoms with Gasteiger partial charge >= 0.3 is 0 Å². The molecule has 0 unspecified atom stereocenters. The van der Waals surface area contributed by atoms with Gasteiger partial charge in [-0.3, -0.25) is 5.01 Å². The van der Waals surface area contributed by atoms with Crippen LogP contribution in [-0.2, 0) is 0 Å². The number of hydrogen-bond donors (Lipinski definition) is 3. The van der Waals surface area contributed by atoms with Crippen molar-refractivity contribution in [2.75, 3.05) is 10.3 Å². The van der Waals surface area contributed by atoms with Crippen molar-refractivity contribution in [2.45, 2.75) is 32.7 Å². The molecule has 140 valence electrons. The van der Waals surface area contributed by atoms with Crippen LogP contribution in [0.4, 0.5) is 11.5 Å². The van der Waals surface area contributed by atoms with Gasteiger partial charge in [-0.25, -0.2) is 15.8 Å². The minimum atomic E-state index is 0.109. The quantitative estimate of drug-likeness (QED) is 0.439. The molecule has 1 aliphatic carbocycles. The van der Waals surface area contributed by atoms with Crippen LogP contribution in [-0.4, -0.2) is 9.97 Å². The summed E-state index contributed by atoms with van der Waals surface area (Å²) in [7, 11) is 0. The Morgan fingerprint density at radius 2 is 1.96 bits per heavy atom. The van der Waals surface area contributed by atoms with Crippen LogP contribution in [0.25, 0.3) is 10.2 Å². The fraction of sp³-hybridized carbons (Fsp3) is 0.300. The lowest BCUT2D eigenvalue weighted by molar-refractivity contribution is 0.838. The Kier molecular flexibility index (Phi) is 4.72. The molecule has 0 radical (unpaired) electrons. The van der Waals surface area contributed by atoms with Crippen molar-refractivity contribution in [3.05, 3.63) is 59.0 Å². The number of aromatic nitrogens is 2. The van der Waals surface area contributed by atoms with Gasteiger partial charge < -0.3 is 11.1 Å². The van der Waals surface area contributed by atoms with Crippen LogP contribution in [0.15, 0.2) is 53.4 Å². The van der Waals surface area contributed by atoms with Crippen molar-refractivity contribution < 1.29 is 0 Å². The van der Waals surface area contributed by atoms with E-state index in [1.54, 1.807) is 22.7 Å². The molecule has 1 atom stereocenters. The summed E-state index contributed by atoms with van der Waals surface area (Å²) < 4.78 is 0. The molecule has 0 aliphatic heterocycles. The van der Waals surface area contributed by atoms with Gasteiger partial charge in [0.15, 0.2) is 0 Å². The van der Waals surface area contributed by atoms with Gasteiger partial charge in [0.05, 0.1) is 16.8 Å². The molecular formula is C20H24N6S. The molecular weight excluding hydrogens is 356 g/mol. The fourth-order valence-corrected chi connectivity index (χ4v) is 4.05. The lowest BCUT2D eigenvalue weighted by Crippen LogP contribution is -2.33. The van der Waals surface area contributed by atoms with Gasteiger partial charge in [-0.05, 0) is 55.8 Å².